The van der Waals surface area contributed by atoms with Gasteiger partial charge >= 0.3 is 0 Å². The van der Waals surface area contributed by atoms with Gasteiger partial charge in [-0.05, 0) is 99.8 Å². The first-order valence-electron chi connectivity index (χ1n) is 17.1. The van der Waals surface area contributed by atoms with Crippen molar-refractivity contribution in [1.29, 1.82) is 0 Å². The fourth-order valence-electron chi connectivity index (χ4n) is 7.10. The minimum absolute atomic E-state index is 0.605. The summed E-state index contributed by atoms with van der Waals surface area (Å²) in [6, 6.07) is 63.7. The lowest BCUT2D eigenvalue weighted by atomic mass is 10.0. The number of benzene rings is 8. The number of fused-ring (bicyclic) bond motifs is 5. The number of nitrogens with zero attached hydrogens (tertiary/aromatic N) is 2. The van der Waals surface area contributed by atoms with Crippen LogP contribution < -0.4 is 4.90 Å². The lowest BCUT2D eigenvalue weighted by Gasteiger charge is -2.26. The smallest absolute Gasteiger partial charge is 0.227 e. The van der Waals surface area contributed by atoms with Gasteiger partial charge in [0.05, 0.1) is 0 Å². The van der Waals surface area contributed by atoms with E-state index in [9.17, 15) is 0 Å². The van der Waals surface area contributed by atoms with E-state index >= 15 is 0 Å². The second-order valence-corrected chi connectivity index (χ2v) is 12.8. The molecule has 0 atom stereocenters. The lowest BCUT2D eigenvalue weighted by Crippen LogP contribution is -2.10. The summed E-state index contributed by atoms with van der Waals surface area (Å²) in [5.74, 6) is 0.605. The minimum Gasteiger partial charge on any atom is -0.456 e. The highest BCUT2D eigenvalue weighted by molar-refractivity contribution is 6.10. The van der Waals surface area contributed by atoms with Crippen molar-refractivity contribution in [3.05, 3.63) is 182 Å². The van der Waals surface area contributed by atoms with Gasteiger partial charge in [0.1, 0.15) is 16.7 Å². The standard InChI is InChI=1S/C47H30N2O2/c1-3-10-31(11-4-1)36-16-9-17-39(26-36)49(40-24-20-32-12-7-8-15-35(32)27-40)38-22-18-33(19-23-38)37-21-25-44-41(28-37)42-29-46-43(30-45(42)50-44)48-47(51-46)34-13-5-2-6-14-34/h1-30H. The molecule has 0 amide bonds. The molecule has 4 nitrogen and oxygen atoms in total. The molecule has 2 heterocycles. The Morgan fingerprint density at radius 3 is 1.80 bits per heavy atom. The normalized spacial score (nSPS) is 11.5. The molecule has 0 saturated heterocycles. The summed E-state index contributed by atoms with van der Waals surface area (Å²) < 4.78 is 12.5. The summed E-state index contributed by atoms with van der Waals surface area (Å²) in [6.45, 7) is 0. The van der Waals surface area contributed by atoms with E-state index in [0.717, 1.165) is 66.8 Å². The zero-order chi connectivity index (χ0) is 33.7. The van der Waals surface area contributed by atoms with Crippen LogP contribution in [0.2, 0.25) is 0 Å². The number of anilines is 3. The highest BCUT2D eigenvalue weighted by atomic mass is 16.4. The Hall–Kier alpha value is -6.91. The average molecular weight is 655 g/mol. The molecule has 8 aromatic carbocycles. The fourth-order valence-corrected chi connectivity index (χ4v) is 7.10. The zero-order valence-corrected chi connectivity index (χ0v) is 27.5. The number of hydrogen-bond donors (Lipinski definition) is 0. The number of hydrogen-bond acceptors (Lipinski definition) is 4. The Morgan fingerprint density at radius 1 is 0.353 bits per heavy atom. The van der Waals surface area contributed by atoms with E-state index in [2.05, 4.69) is 144 Å². The Balaban J connectivity index is 1.04. The van der Waals surface area contributed by atoms with Crippen LogP contribution in [0.5, 0.6) is 0 Å². The topological polar surface area (TPSA) is 42.4 Å². The maximum absolute atomic E-state index is 6.30. The first-order chi connectivity index (χ1) is 25.2. The zero-order valence-electron chi connectivity index (χ0n) is 27.5. The van der Waals surface area contributed by atoms with Crippen LogP contribution >= 0.6 is 0 Å². The van der Waals surface area contributed by atoms with E-state index < -0.39 is 0 Å². The molecule has 240 valence electrons. The van der Waals surface area contributed by atoms with Crippen molar-refractivity contribution in [3.8, 4) is 33.7 Å². The van der Waals surface area contributed by atoms with Crippen LogP contribution in [0.25, 0.3) is 77.5 Å². The SMILES string of the molecule is c1ccc(-c2cccc(N(c3ccc(-c4ccc5oc6cc7nc(-c8ccccc8)oc7cc6c5c4)cc3)c3ccc4ccccc4c3)c2)cc1. The van der Waals surface area contributed by atoms with Crippen molar-refractivity contribution in [1.82, 2.24) is 4.98 Å². The van der Waals surface area contributed by atoms with Gasteiger partial charge in [-0.3, -0.25) is 0 Å². The second-order valence-electron chi connectivity index (χ2n) is 12.8. The highest BCUT2D eigenvalue weighted by Gasteiger charge is 2.17. The molecule has 0 aliphatic heterocycles. The van der Waals surface area contributed by atoms with E-state index in [1.165, 1.54) is 21.9 Å². The van der Waals surface area contributed by atoms with Crippen LogP contribution in [0.15, 0.2) is 191 Å². The van der Waals surface area contributed by atoms with Gasteiger partial charge in [0.2, 0.25) is 5.89 Å². The Kier molecular flexibility index (Phi) is 6.78. The van der Waals surface area contributed by atoms with Crippen LogP contribution in [-0.2, 0) is 0 Å². The molecule has 0 bridgehead atoms. The summed E-state index contributed by atoms with van der Waals surface area (Å²) in [4.78, 5) is 7.07. The van der Waals surface area contributed by atoms with Gasteiger partial charge in [0, 0.05) is 39.5 Å². The van der Waals surface area contributed by atoms with Crippen molar-refractivity contribution >= 4 is 60.9 Å². The third kappa shape index (κ3) is 5.22. The van der Waals surface area contributed by atoms with Gasteiger partial charge in [-0.25, -0.2) is 4.98 Å². The summed E-state index contributed by atoms with van der Waals surface area (Å²) in [5.41, 5.74) is 12.0. The van der Waals surface area contributed by atoms with Crippen molar-refractivity contribution in [2.45, 2.75) is 0 Å². The predicted molar refractivity (Wildman–Crippen MR) is 210 cm³/mol. The first kappa shape index (κ1) is 29.0. The third-order valence-electron chi connectivity index (χ3n) is 9.66. The number of furan rings is 1. The molecule has 0 fully saturated rings. The van der Waals surface area contributed by atoms with Crippen molar-refractivity contribution in [2.24, 2.45) is 0 Å². The second kappa shape index (κ2) is 11.9. The van der Waals surface area contributed by atoms with Crippen molar-refractivity contribution in [3.63, 3.8) is 0 Å². The van der Waals surface area contributed by atoms with E-state index in [1.54, 1.807) is 0 Å². The van der Waals surface area contributed by atoms with Crippen molar-refractivity contribution in [2.75, 3.05) is 4.90 Å². The quantitative estimate of drug-likeness (QED) is 0.179. The van der Waals surface area contributed by atoms with Crippen LogP contribution in [-0.4, -0.2) is 4.98 Å². The van der Waals surface area contributed by atoms with Crippen molar-refractivity contribution < 1.29 is 8.83 Å². The number of aromatic nitrogens is 1. The highest BCUT2D eigenvalue weighted by Crippen LogP contribution is 2.40. The van der Waals surface area contributed by atoms with Gasteiger partial charge in [-0.1, -0.05) is 109 Å². The molecule has 0 N–H and O–H groups in total. The lowest BCUT2D eigenvalue weighted by molar-refractivity contribution is 0.620. The average Bonchev–Trinajstić information content (AvgIpc) is 3.78. The first-order valence-corrected chi connectivity index (χ1v) is 17.1. The molecule has 10 aromatic rings. The predicted octanol–water partition coefficient (Wildman–Crippen LogP) is 13.4. The minimum atomic E-state index is 0.605. The maximum atomic E-state index is 6.30. The van der Waals surface area contributed by atoms with E-state index in [0.29, 0.717) is 5.89 Å². The van der Waals surface area contributed by atoms with Crippen LogP contribution in [0.3, 0.4) is 0 Å². The van der Waals surface area contributed by atoms with Gasteiger partial charge in [-0.15, -0.1) is 0 Å². The van der Waals surface area contributed by atoms with Crippen LogP contribution in [0, 0.1) is 0 Å². The molecule has 10 rings (SSSR count). The van der Waals surface area contributed by atoms with E-state index in [4.69, 9.17) is 13.8 Å². The molecule has 51 heavy (non-hydrogen) atoms. The molecule has 2 aromatic heterocycles. The van der Waals surface area contributed by atoms with Crippen LogP contribution in [0.4, 0.5) is 17.1 Å². The maximum Gasteiger partial charge on any atom is 0.227 e. The largest absolute Gasteiger partial charge is 0.456 e. The summed E-state index contributed by atoms with van der Waals surface area (Å²) in [7, 11) is 0. The van der Waals surface area contributed by atoms with Crippen LogP contribution in [0.1, 0.15) is 0 Å². The summed E-state index contributed by atoms with van der Waals surface area (Å²) in [6.07, 6.45) is 0. The molecule has 0 aliphatic rings. The Bertz CT molecular complexity index is 2850. The molecule has 4 heteroatoms. The molecule has 0 unspecified atom stereocenters. The Labute approximate surface area is 294 Å². The molecule has 0 spiro atoms. The number of oxazole rings is 1. The monoisotopic (exact) mass is 654 g/mol. The summed E-state index contributed by atoms with van der Waals surface area (Å²) in [5, 5.41) is 4.47. The molecule has 0 radical (unpaired) electrons. The molecule has 0 aliphatic carbocycles. The fraction of sp³-hybridized carbons (Fsp3) is 0. The van der Waals surface area contributed by atoms with E-state index in [-0.39, 0.29) is 0 Å². The van der Waals surface area contributed by atoms with E-state index in [1.807, 2.05) is 42.5 Å². The molecular formula is C47H30N2O2. The van der Waals surface area contributed by atoms with Gasteiger partial charge in [0.25, 0.3) is 0 Å². The third-order valence-corrected chi connectivity index (χ3v) is 9.66. The van der Waals surface area contributed by atoms with Gasteiger partial charge < -0.3 is 13.7 Å². The summed E-state index contributed by atoms with van der Waals surface area (Å²) >= 11 is 0. The Morgan fingerprint density at radius 2 is 0.980 bits per heavy atom. The van der Waals surface area contributed by atoms with Gasteiger partial charge in [0.15, 0.2) is 5.58 Å². The van der Waals surface area contributed by atoms with Gasteiger partial charge in [-0.2, -0.15) is 0 Å². The molecule has 0 saturated carbocycles. The molecular weight excluding hydrogens is 625 g/mol. The number of rotatable bonds is 6.